The Morgan fingerprint density at radius 1 is 0.895 bits per heavy atom. The van der Waals surface area contributed by atoms with Gasteiger partial charge in [-0.1, -0.05) is 42.5 Å². The van der Waals surface area contributed by atoms with Crippen LogP contribution in [-0.2, 0) is 6.54 Å². The highest BCUT2D eigenvalue weighted by Gasteiger charge is 2.07. The highest BCUT2D eigenvalue weighted by Crippen LogP contribution is 2.22. The van der Waals surface area contributed by atoms with Gasteiger partial charge in [-0.15, -0.1) is 0 Å². The molecular weight excluding hydrogens is 230 g/mol. The molecule has 1 nitrogen and oxygen atoms in total. The maximum Gasteiger partial charge on any atom is 0.0479 e. The monoisotopic (exact) mass is 249 g/mol. The molecule has 1 heterocycles. The fraction of sp³-hybridized carbons (Fsp3) is 0.222. The average Bonchev–Trinajstić information content (AvgIpc) is 2.67. The van der Waals surface area contributed by atoms with Crippen LogP contribution in [0.4, 0.5) is 0 Å². The van der Waals surface area contributed by atoms with E-state index in [1.807, 2.05) is 0 Å². The summed E-state index contributed by atoms with van der Waals surface area (Å²) in [6.45, 7) is 7.53. The Kier molecular flexibility index (Phi) is 2.90. The lowest BCUT2D eigenvalue weighted by Crippen LogP contribution is -2.01. The van der Waals surface area contributed by atoms with Gasteiger partial charge in [-0.25, -0.2) is 0 Å². The van der Waals surface area contributed by atoms with Crippen molar-refractivity contribution in [1.29, 1.82) is 0 Å². The zero-order chi connectivity index (χ0) is 13.4. The van der Waals surface area contributed by atoms with Crippen LogP contribution >= 0.6 is 0 Å². The lowest BCUT2D eigenvalue weighted by molar-refractivity contribution is 0.777. The van der Waals surface area contributed by atoms with Gasteiger partial charge in [-0.3, -0.25) is 0 Å². The highest BCUT2D eigenvalue weighted by atomic mass is 15.0. The van der Waals surface area contributed by atoms with Crippen molar-refractivity contribution in [3.8, 4) is 0 Å². The van der Waals surface area contributed by atoms with E-state index >= 15 is 0 Å². The van der Waals surface area contributed by atoms with Crippen LogP contribution in [0.5, 0.6) is 0 Å². The van der Waals surface area contributed by atoms with Gasteiger partial charge in [0.05, 0.1) is 0 Å². The molecule has 0 amide bonds. The normalized spacial score (nSPS) is 11.1. The van der Waals surface area contributed by atoms with Crippen LogP contribution in [0.2, 0.25) is 0 Å². The number of fused-ring (bicyclic) bond motifs is 1. The first-order valence-electron chi connectivity index (χ1n) is 6.76. The van der Waals surface area contributed by atoms with Crippen LogP contribution in [0, 0.1) is 20.8 Å². The van der Waals surface area contributed by atoms with Gasteiger partial charge in [0.1, 0.15) is 0 Å². The second-order valence-electron chi connectivity index (χ2n) is 5.29. The lowest BCUT2D eigenvalue weighted by Gasteiger charge is -2.10. The van der Waals surface area contributed by atoms with E-state index in [9.17, 15) is 0 Å². The fourth-order valence-corrected chi connectivity index (χ4v) is 2.71. The minimum atomic E-state index is 0.946. The van der Waals surface area contributed by atoms with E-state index in [-0.39, 0.29) is 0 Å². The van der Waals surface area contributed by atoms with Gasteiger partial charge in [0.2, 0.25) is 0 Å². The van der Waals surface area contributed by atoms with E-state index in [0.29, 0.717) is 0 Å². The van der Waals surface area contributed by atoms with E-state index in [4.69, 9.17) is 0 Å². The number of hydrogen-bond acceptors (Lipinski definition) is 0. The molecule has 96 valence electrons. The molecule has 0 bridgehead atoms. The van der Waals surface area contributed by atoms with E-state index in [2.05, 4.69) is 74.0 Å². The van der Waals surface area contributed by atoms with Crippen LogP contribution in [0.1, 0.15) is 22.4 Å². The number of rotatable bonds is 2. The standard InChI is InChI=1S/C18H19N/c1-13-11-19(15(3)14(13)2)12-17-9-6-8-16-7-4-5-10-18(16)17/h4-11H,12H2,1-3H3. The third-order valence-corrected chi connectivity index (χ3v) is 4.14. The molecule has 0 saturated heterocycles. The van der Waals surface area contributed by atoms with Crippen molar-refractivity contribution in [3.63, 3.8) is 0 Å². The van der Waals surface area contributed by atoms with E-state index < -0.39 is 0 Å². The van der Waals surface area contributed by atoms with Crippen LogP contribution in [0.25, 0.3) is 10.8 Å². The summed E-state index contributed by atoms with van der Waals surface area (Å²) in [5, 5.41) is 2.67. The minimum Gasteiger partial charge on any atom is -0.347 e. The predicted molar refractivity (Wildman–Crippen MR) is 81.7 cm³/mol. The summed E-state index contributed by atoms with van der Waals surface area (Å²) < 4.78 is 2.35. The largest absolute Gasteiger partial charge is 0.347 e. The molecule has 0 aliphatic rings. The summed E-state index contributed by atoms with van der Waals surface area (Å²) in [6.07, 6.45) is 2.26. The topological polar surface area (TPSA) is 4.93 Å². The predicted octanol–water partition coefficient (Wildman–Crippen LogP) is 4.61. The first kappa shape index (κ1) is 12.0. The lowest BCUT2D eigenvalue weighted by atomic mass is 10.0. The molecule has 0 saturated carbocycles. The average molecular weight is 249 g/mol. The second-order valence-corrected chi connectivity index (χ2v) is 5.29. The SMILES string of the molecule is Cc1cn(Cc2cccc3ccccc23)c(C)c1C. The highest BCUT2D eigenvalue weighted by molar-refractivity contribution is 5.85. The molecule has 2 aromatic carbocycles. The van der Waals surface area contributed by atoms with Gasteiger partial charge in [0, 0.05) is 18.4 Å². The summed E-state index contributed by atoms with van der Waals surface area (Å²) in [4.78, 5) is 0. The summed E-state index contributed by atoms with van der Waals surface area (Å²) in [7, 11) is 0. The smallest absolute Gasteiger partial charge is 0.0479 e. The molecule has 0 atom stereocenters. The number of hydrogen-bond donors (Lipinski definition) is 0. The van der Waals surface area contributed by atoms with Crippen LogP contribution in [0.3, 0.4) is 0 Å². The summed E-state index contributed by atoms with van der Waals surface area (Å²) >= 11 is 0. The van der Waals surface area contributed by atoms with Gasteiger partial charge in [-0.2, -0.15) is 0 Å². The molecule has 0 unspecified atom stereocenters. The Bertz CT molecular complexity index is 729. The van der Waals surface area contributed by atoms with Crippen molar-refractivity contribution >= 4 is 10.8 Å². The Morgan fingerprint density at radius 2 is 1.63 bits per heavy atom. The Morgan fingerprint density at radius 3 is 2.37 bits per heavy atom. The molecule has 1 heteroatoms. The van der Waals surface area contributed by atoms with Crippen molar-refractivity contribution in [2.24, 2.45) is 0 Å². The Labute approximate surface area is 114 Å². The van der Waals surface area contributed by atoms with Crippen molar-refractivity contribution in [1.82, 2.24) is 4.57 Å². The van der Waals surface area contributed by atoms with Gasteiger partial charge >= 0.3 is 0 Å². The van der Waals surface area contributed by atoms with Crippen molar-refractivity contribution in [2.75, 3.05) is 0 Å². The number of aryl methyl sites for hydroxylation is 1. The molecule has 1 aromatic heterocycles. The maximum absolute atomic E-state index is 2.35. The molecule has 0 radical (unpaired) electrons. The van der Waals surface area contributed by atoms with Gasteiger partial charge in [0.15, 0.2) is 0 Å². The zero-order valence-electron chi connectivity index (χ0n) is 11.8. The summed E-state index contributed by atoms with van der Waals surface area (Å²) in [6, 6.07) is 15.2. The number of nitrogens with zero attached hydrogens (tertiary/aromatic N) is 1. The van der Waals surface area contributed by atoms with Crippen molar-refractivity contribution in [3.05, 3.63) is 71.0 Å². The number of aromatic nitrogens is 1. The quantitative estimate of drug-likeness (QED) is 0.625. The molecule has 0 aliphatic carbocycles. The van der Waals surface area contributed by atoms with Crippen molar-refractivity contribution in [2.45, 2.75) is 27.3 Å². The third-order valence-electron chi connectivity index (χ3n) is 4.14. The molecule has 0 N–H and O–H groups in total. The minimum absolute atomic E-state index is 0.946. The molecular formula is C18H19N. The molecule has 19 heavy (non-hydrogen) atoms. The summed E-state index contributed by atoms with van der Waals surface area (Å²) in [5.41, 5.74) is 5.53. The number of benzene rings is 2. The van der Waals surface area contributed by atoms with Crippen LogP contribution in [0.15, 0.2) is 48.7 Å². The van der Waals surface area contributed by atoms with E-state index in [1.54, 1.807) is 0 Å². The summed E-state index contributed by atoms with van der Waals surface area (Å²) in [5.74, 6) is 0. The Hall–Kier alpha value is -2.02. The fourth-order valence-electron chi connectivity index (χ4n) is 2.71. The second kappa shape index (κ2) is 4.58. The van der Waals surface area contributed by atoms with Gasteiger partial charge < -0.3 is 4.57 Å². The van der Waals surface area contributed by atoms with Crippen LogP contribution in [-0.4, -0.2) is 4.57 Å². The van der Waals surface area contributed by atoms with E-state index in [1.165, 1.54) is 33.2 Å². The van der Waals surface area contributed by atoms with Gasteiger partial charge in [-0.05, 0) is 48.2 Å². The first-order chi connectivity index (χ1) is 9.16. The zero-order valence-corrected chi connectivity index (χ0v) is 11.8. The van der Waals surface area contributed by atoms with E-state index in [0.717, 1.165) is 6.54 Å². The molecule has 3 aromatic rings. The Balaban J connectivity index is 2.08. The van der Waals surface area contributed by atoms with Crippen LogP contribution < -0.4 is 0 Å². The third kappa shape index (κ3) is 2.06. The molecule has 0 fully saturated rings. The van der Waals surface area contributed by atoms with Crippen molar-refractivity contribution < 1.29 is 0 Å². The first-order valence-corrected chi connectivity index (χ1v) is 6.76. The maximum atomic E-state index is 2.35. The molecule has 0 aliphatic heterocycles. The molecule has 3 rings (SSSR count). The molecule has 0 spiro atoms. The van der Waals surface area contributed by atoms with Gasteiger partial charge in [0.25, 0.3) is 0 Å².